The van der Waals surface area contributed by atoms with Crippen LogP contribution in [0.4, 0.5) is 18.0 Å². The summed E-state index contributed by atoms with van der Waals surface area (Å²) in [6, 6.07) is -0.697. The quantitative estimate of drug-likeness (QED) is 0.806. The number of alkyl halides is 3. The van der Waals surface area contributed by atoms with Crippen molar-refractivity contribution in [2.75, 3.05) is 6.54 Å². The maximum Gasteiger partial charge on any atom is 0.405 e. The van der Waals surface area contributed by atoms with E-state index in [1.54, 1.807) is 0 Å². The van der Waals surface area contributed by atoms with Crippen LogP contribution in [0.5, 0.6) is 0 Å². The van der Waals surface area contributed by atoms with Gasteiger partial charge >= 0.3 is 12.2 Å². The first-order valence-corrected chi connectivity index (χ1v) is 6.52. The minimum absolute atomic E-state index is 0.0198. The number of nitrogens with one attached hydrogen (secondary N) is 2. The summed E-state index contributed by atoms with van der Waals surface area (Å²) in [5.41, 5.74) is 0. The summed E-state index contributed by atoms with van der Waals surface area (Å²) < 4.78 is 35.7. The molecule has 0 bridgehead atoms. The number of carbonyl (C=O) groups is 1. The molecule has 0 aromatic rings. The van der Waals surface area contributed by atoms with Gasteiger partial charge in [0.05, 0.1) is 0 Å². The van der Waals surface area contributed by atoms with E-state index >= 15 is 0 Å². The molecule has 0 heterocycles. The van der Waals surface area contributed by atoms with E-state index in [1.165, 1.54) is 6.42 Å². The molecular formula is C12H21F3N2O. The molecule has 3 nitrogen and oxygen atoms in total. The summed E-state index contributed by atoms with van der Waals surface area (Å²) in [7, 11) is 0. The maximum atomic E-state index is 11.9. The van der Waals surface area contributed by atoms with Crippen molar-refractivity contribution in [3.63, 3.8) is 0 Å². The second kappa shape index (κ2) is 6.85. The minimum Gasteiger partial charge on any atom is -0.335 e. The molecule has 0 aromatic heterocycles. The van der Waals surface area contributed by atoms with Gasteiger partial charge in [-0.15, -0.1) is 0 Å². The molecule has 1 fully saturated rings. The normalized spacial score (nSPS) is 24.7. The molecule has 2 N–H and O–H groups in total. The molecule has 2 amide bonds. The van der Waals surface area contributed by atoms with Gasteiger partial charge < -0.3 is 10.6 Å². The van der Waals surface area contributed by atoms with Crippen molar-refractivity contribution in [3.8, 4) is 0 Å². The Bertz CT molecular complexity index is 261. The molecular weight excluding hydrogens is 245 g/mol. The molecule has 18 heavy (non-hydrogen) atoms. The molecule has 1 aliphatic rings. The van der Waals surface area contributed by atoms with E-state index in [2.05, 4.69) is 12.2 Å². The maximum absolute atomic E-state index is 11.9. The average Bonchev–Trinajstić information content (AvgIpc) is 2.29. The Balaban J connectivity index is 2.18. The van der Waals surface area contributed by atoms with Crippen molar-refractivity contribution in [2.24, 2.45) is 5.92 Å². The largest absolute Gasteiger partial charge is 0.405 e. The Kier molecular flexibility index (Phi) is 5.75. The Hall–Kier alpha value is -0.940. The van der Waals surface area contributed by atoms with E-state index < -0.39 is 18.8 Å². The first-order chi connectivity index (χ1) is 8.40. The summed E-state index contributed by atoms with van der Waals surface area (Å²) in [5, 5.41) is 4.44. The summed E-state index contributed by atoms with van der Waals surface area (Å²) in [6.45, 7) is 0.874. The zero-order valence-electron chi connectivity index (χ0n) is 10.6. The lowest BCUT2D eigenvalue weighted by molar-refractivity contribution is -0.122. The van der Waals surface area contributed by atoms with Gasteiger partial charge in [-0.2, -0.15) is 13.2 Å². The molecule has 0 spiro atoms. The highest BCUT2D eigenvalue weighted by Crippen LogP contribution is 2.27. The van der Waals surface area contributed by atoms with E-state index in [0.29, 0.717) is 5.92 Å². The van der Waals surface area contributed by atoms with Crippen LogP contribution in [0.3, 0.4) is 0 Å². The van der Waals surface area contributed by atoms with Crippen LogP contribution in [-0.2, 0) is 0 Å². The third kappa shape index (κ3) is 6.12. The van der Waals surface area contributed by atoms with Crippen LogP contribution < -0.4 is 10.6 Å². The third-order valence-electron chi connectivity index (χ3n) is 3.33. The van der Waals surface area contributed by atoms with Crippen molar-refractivity contribution < 1.29 is 18.0 Å². The van der Waals surface area contributed by atoms with E-state index in [1.807, 2.05) is 5.32 Å². The van der Waals surface area contributed by atoms with Gasteiger partial charge in [0.2, 0.25) is 0 Å². The van der Waals surface area contributed by atoms with Gasteiger partial charge in [0.15, 0.2) is 0 Å². The second-order valence-electron chi connectivity index (χ2n) is 4.95. The predicted octanol–water partition coefficient (Wildman–Crippen LogP) is 3.21. The topological polar surface area (TPSA) is 41.1 Å². The fraction of sp³-hybridized carbons (Fsp3) is 0.917. The van der Waals surface area contributed by atoms with Crippen LogP contribution in [0.25, 0.3) is 0 Å². The molecule has 0 saturated heterocycles. The Morgan fingerprint density at radius 2 is 1.83 bits per heavy atom. The molecule has 1 saturated carbocycles. The van der Waals surface area contributed by atoms with Crippen LogP contribution in [0.1, 0.15) is 45.4 Å². The number of hydrogen-bond acceptors (Lipinski definition) is 1. The number of rotatable bonds is 4. The highest BCUT2D eigenvalue weighted by Gasteiger charge is 2.28. The molecule has 0 aromatic carbocycles. The van der Waals surface area contributed by atoms with Gasteiger partial charge in [0, 0.05) is 6.04 Å². The summed E-state index contributed by atoms with van der Waals surface area (Å²) in [5.74, 6) is 0.714. The number of halogens is 3. The van der Waals surface area contributed by atoms with Gasteiger partial charge in [-0.1, -0.05) is 19.8 Å². The molecule has 0 aliphatic heterocycles. The van der Waals surface area contributed by atoms with Crippen LogP contribution in [0.15, 0.2) is 0 Å². The zero-order valence-corrected chi connectivity index (χ0v) is 10.6. The number of urea groups is 1. The predicted molar refractivity (Wildman–Crippen MR) is 63.2 cm³/mol. The number of amides is 2. The second-order valence-corrected chi connectivity index (χ2v) is 4.95. The van der Waals surface area contributed by atoms with Gasteiger partial charge in [-0.05, 0) is 31.6 Å². The molecule has 0 radical (unpaired) electrons. The van der Waals surface area contributed by atoms with Crippen molar-refractivity contribution in [2.45, 2.75) is 57.7 Å². The van der Waals surface area contributed by atoms with Crippen LogP contribution in [0, 0.1) is 5.92 Å². The lowest BCUT2D eigenvalue weighted by Crippen LogP contribution is -2.46. The van der Waals surface area contributed by atoms with Gasteiger partial charge in [0.25, 0.3) is 0 Å². The Morgan fingerprint density at radius 3 is 2.33 bits per heavy atom. The van der Waals surface area contributed by atoms with Crippen molar-refractivity contribution in [1.82, 2.24) is 10.6 Å². The molecule has 1 rings (SSSR count). The highest BCUT2D eigenvalue weighted by molar-refractivity contribution is 5.74. The van der Waals surface area contributed by atoms with Crippen LogP contribution >= 0.6 is 0 Å². The van der Waals surface area contributed by atoms with E-state index in [4.69, 9.17) is 0 Å². The lowest BCUT2D eigenvalue weighted by atomic mass is 9.83. The molecule has 0 unspecified atom stereocenters. The molecule has 1 aliphatic carbocycles. The molecule has 6 heteroatoms. The summed E-state index contributed by atoms with van der Waals surface area (Å²) in [6.07, 6.45) is 1.85. The molecule has 0 atom stereocenters. The fourth-order valence-electron chi connectivity index (χ4n) is 2.42. The van der Waals surface area contributed by atoms with Crippen LogP contribution in [0.2, 0.25) is 0 Å². The zero-order chi connectivity index (χ0) is 13.6. The van der Waals surface area contributed by atoms with Gasteiger partial charge in [-0.3, -0.25) is 0 Å². The van der Waals surface area contributed by atoms with Crippen molar-refractivity contribution in [1.29, 1.82) is 0 Å². The minimum atomic E-state index is -4.35. The number of carbonyl (C=O) groups excluding carboxylic acids is 1. The lowest BCUT2D eigenvalue weighted by Gasteiger charge is -2.29. The first-order valence-electron chi connectivity index (χ1n) is 6.52. The Labute approximate surface area is 106 Å². The number of hydrogen-bond donors (Lipinski definition) is 2. The van der Waals surface area contributed by atoms with E-state index in [0.717, 1.165) is 32.1 Å². The average molecular weight is 266 g/mol. The highest BCUT2D eigenvalue weighted by atomic mass is 19.4. The van der Waals surface area contributed by atoms with Crippen molar-refractivity contribution >= 4 is 6.03 Å². The van der Waals surface area contributed by atoms with E-state index in [9.17, 15) is 18.0 Å². The molecule has 106 valence electrons. The fourth-order valence-corrected chi connectivity index (χ4v) is 2.42. The van der Waals surface area contributed by atoms with Crippen molar-refractivity contribution in [3.05, 3.63) is 0 Å². The summed E-state index contributed by atoms with van der Waals surface area (Å²) >= 11 is 0. The third-order valence-corrected chi connectivity index (χ3v) is 3.33. The SMILES string of the molecule is CCCC1CCC(NC(=O)NCC(F)(F)F)CC1. The Morgan fingerprint density at radius 1 is 1.22 bits per heavy atom. The smallest absolute Gasteiger partial charge is 0.335 e. The monoisotopic (exact) mass is 266 g/mol. The summed E-state index contributed by atoms with van der Waals surface area (Å²) in [4.78, 5) is 11.2. The van der Waals surface area contributed by atoms with Crippen LogP contribution in [-0.4, -0.2) is 24.8 Å². The van der Waals surface area contributed by atoms with Gasteiger partial charge in [0.1, 0.15) is 6.54 Å². The first kappa shape index (κ1) is 15.1. The standard InChI is InChI=1S/C12H21F3N2O/c1-2-3-9-4-6-10(7-5-9)17-11(18)16-8-12(13,14)15/h9-10H,2-8H2,1H3,(H2,16,17,18). The van der Waals surface area contributed by atoms with E-state index in [-0.39, 0.29) is 6.04 Å². The van der Waals surface area contributed by atoms with Gasteiger partial charge in [-0.25, -0.2) is 4.79 Å².